The van der Waals surface area contributed by atoms with Crippen LogP contribution in [0.3, 0.4) is 0 Å². The zero-order valence-electron chi connectivity index (χ0n) is 5.53. The van der Waals surface area contributed by atoms with Gasteiger partial charge in [-0.1, -0.05) is 0 Å². The van der Waals surface area contributed by atoms with Crippen molar-refractivity contribution < 1.29 is 14.9 Å². The van der Waals surface area contributed by atoms with Crippen molar-refractivity contribution >= 4 is 0 Å². The van der Waals surface area contributed by atoms with Gasteiger partial charge in [0.25, 0.3) is 0 Å². The number of β-amino-alcohol motifs (C(OH)–C–C–N with tert-alkyl or cyclic N) is 1. The quantitative estimate of drug-likeness (QED) is 0.372. The Hall–Kier alpha value is -0.160. The molecular formula is C6H11NO3. The van der Waals surface area contributed by atoms with Gasteiger partial charge >= 0.3 is 0 Å². The van der Waals surface area contributed by atoms with E-state index in [9.17, 15) is 10.2 Å². The largest absolute Gasteiger partial charge is 0.389 e. The van der Waals surface area contributed by atoms with E-state index in [1.165, 1.54) is 0 Å². The van der Waals surface area contributed by atoms with Crippen LogP contribution in [0.4, 0.5) is 0 Å². The summed E-state index contributed by atoms with van der Waals surface area (Å²) in [7, 11) is 0. The predicted octanol–water partition coefficient (Wildman–Crippen LogP) is -1.92. The van der Waals surface area contributed by atoms with E-state index in [-0.39, 0.29) is 12.1 Å². The molecule has 4 nitrogen and oxygen atoms in total. The highest BCUT2D eigenvalue weighted by atomic mass is 16.5. The second-order valence-electron chi connectivity index (χ2n) is 2.87. The standard InChI is InChI=1S/C6H11NO3/c8-3-1-7-5-4(9)2-10-6(3)5/h3-9H,1-2H2/t3-,4-,5-,6-/m1/s1. The molecule has 2 aliphatic heterocycles. The molecule has 2 fully saturated rings. The van der Waals surface area contributed by atoms with Gasteiger partial charge in [-0.25, -0.2) is 0 Å². The summed E-state index contributed by atoms with van der Waals surface area (Å²) in [6, 6.07) is -0.0463. The molecular weight excluding hydrogens is 134 g/mol. The summed E-state index contributed by atoms with van der Waals surface area (Å²) in [5, 5.41) is 21.4. The highest BCUT2D eigenvalue weighted by Crippen LogP contribution is 2.21. The van der Waals surface area contributed by atoms with Crippen LogP contribution in [-0.2, 0) is 4.74 Å². The van der Waals surface area contributed by atoms with Gasteiger partial charge in [0.05, 0.1) is 24.9 Å². The number of ether oxygens (including phenoxy) is 1. The van der Waals surface area contributed by atoms with E-state index in [2.05, 4.69) is 5.32 Å². The van der Waals surface area contributed by atoms with E-state index in [4.69, 9.17) is 4.74 Å². The lowest BCUT2D eigenvalue weighted by atomic mass is 10.1. The van der Waals surface area contributed by atoms with Crippen LogP contribution in [0.1, 0.15) is 0 Å². The van der Waals surface area contributed by atoms with Gasteiger partial charge in [0.15, 0.2) is 0 Å². The minimum atomic E-state index is -0.442. The number of aliphatic hydroxyl groups excluding tert-OH is 2. The molecule has 0 unspecified atom stereocenters. The topological polar surface area (TPSA) is 61.7 Å². The van der Waals surface area contributed by atoms with Gasteiger partial charge in [-0.2, -0.15) is 0 Å². The summed E-state index contributed by atoms with van der Waals surface area (Å²) >= 11 is 0. The Morgan fingerprint density at radius 1 is 1.30 bits per heavy atom. The average molecular weight is 145 g/mol. The van der Waals surface area contributed by atoms with Crippen LogP contribution < -0.4 is 5.32 Å². The second-order valence-corrected chi connectivity index (χ2v) is 2.87. The van der Waals surface area contributed by atoms with Crippen LogP contribution in [0.2, 0.25) is 0 Å². The smallest absolute Gasteiger partial charge is 0.103 e. The summed E-state index contributed by atoms with van der Waals surface area (Å²) in [5.41, 5.74) is 0. The Morgan fingerprint density at radius 2 is 2.10 bits per heavy atom. The molecule has 0 amide bonds. The normalized spacial score (nSPS) is 53.4. The number of rotatable bonds is 0. The Balaban J connectivity index is 2.09. The third kappa shape index (κ3) is 0.769. The molecule has 0 aromatic rings. The summed E-state index contributed by atoms with van der Waals surface area (Å²) in [4.78, 5) is 0. The molecule has 4 atom stereocenters. The fraction of sp³-hybridized carbons (Fsp3) is 1.00. The molecule has 2 aliphatic rings. The molecule has 2 saturated heterocycles. The van der Waals surface area contributed by atoms with Crippen molar-refractivity contribution in [2.24, 2.45) is 0 Å². The Kier molecular flexibility index (Phi) is 1.42. The summed E-state index contributed by atoms with van der Waals surface area (Å²) < 4.78 is 5.14. The van der Waals surface area contributed by atoms with Gasteiger partial charge in [0.2, 0.25) is 0 Å². The third-order valence-electron chi connectivity index (χ3n) is 2.17. The summed E-state index contributed by atoms with van der Waals surface area (Å²) in [5.74, 6) is 0. The van der Waals surface area contributed by atoms with Crippen molar-refractivity contribution in [2.75, 3.05) is 13.2 Å². The van der Waals surface area contributed by atoms with Crippen LogP contribution in [0, 0.1) is 0 Å². The number of aliphatic hydroxyl groups is 2. The molecule has 0 aromatic heterocycles. The van der Waals surface area contributed by atoms with E-state index < -0.39 is 12.2 Å². The van der Waals surface area contributed by atoms with Crippen LogP contribution >= 0.6 is 0 Å². The molecule has 2 rings (SSSR count). The zero-order valence-corrected chi connectivity index (χ0v) is 5.53. The van der Waals surface area contributed by atoms with Crippen LogP contribution in [0.25, 0.3) is 0 Å². The highest BCUT2D eigenvalue weighted by molar-refractivity contribution is 4.99. The molecule has 0 spiro atoms. The molecule has 4 heteroatoms. The van der Waals surface area contributed by atoms with Crippen molar-refractivity contribution in [3.8, 4) is 0 Å². The molecule has 3 N–H and O–H groups in total. The molecule has 10 heavy (non-hydrogen) atoms. The molecule has 0 aliphatic carbocycles. The van der Waals surface area contributed by atoms with E-state index in [1.807, 2.05) is 0 Å². The van der Waals surface area contributed by atoms with E-state index in [1.54, 1.807) is 0 Å². The second kappa shape index (κ2) is 2.17. The Bertz CT molecular complexity index is 125. The minimum Gasteiger partial charge on any atom is -0.389 e. The third-order valence-corrected chi connectivity index (χ3v) is 2.17. The molecule has 58 valence electrons. The fourth-order valence-corrected chi connectivity index (χ4v) is 1.61. The van der Waals surface area contributed by atoms with Crippen LogP contribution in [-0.4, -0.2) is 47.7 Å². The zero-order chi connectivity index (χ0) is 7.14. The number of nitrogens with one attached hydrogen (secondary N) is 1. The van der Waals surface area contributed by atoms with Crippen LogP contribution in [0.15, 0.2) is 0 Å². The number of hydrogen-bond acceptors (Lipinski definition) is 4. The lowest BCUT2D eigenvalue weighted by molar-refractivity contribution is 0.0138. The maximum atomic E-state index is 9.22. The van der Waals surface area contributed by atoms with E-state index >= 15 is 0 Å². The van der Waals surface area contributed by atoms with Gasteiger partial charge in [-0.05, 0) is 0 Å². The van der Waals surface area contributed by atoms with Gasteiger partial charge in [-0.3, -0.25) is 0 Å². The Labute approximate surface area is 58.8 Å². The molecule has 0 saturated carbocycles. The van der Waals surface area contributed by atoms with Gasteiger partial charge < -0.3 is 20.3 Å². The summed E-state index contributed by atoms with van der Waals surface area (Å²) in [6.07, 6.45) is -1.07. The monoisotopic (exact) mass is 145 g/mol. The minimum absolute atomic E-state index is 0.0463. The summed E-state index contributed by atoms with van der Waals surface area (Å²) in [6.45, 7) is 0.881. The predicted molar refractivity (Wildman–Crippen MR) is 33.5 cm³/mol. The lowest BCUT2D eigenvalue weighted by Gasteiger charge is -2.10. The van der Waals surface area contributed by atoms with Crippen molar-refractivity contribution in [1.29, 1.82) is 0 Å². The first kappa shape index (κ1) is 6.54. The SMILES string of the molecule is O[C@@H]1CO[C@H]2[C@@H]1NC[C@H]2O. The van der Waals surface area contributed by atoms with Crippen molar-refractivity contribution in [3.05, 3.63) is 0 Å². The highest BCUT2D eigenvalue weighted by Gasteiger charge is 2.44. The van der Waals surface area contributed by atoms with Crippen molar-refractivity contribution in [3.63, 3.8) is 0 Å². The molecule has 0 bridgehead atoms. The van der Waals surface area contributed by atoms with Crippen LogP contribution in [0.5, 0.6) is 0 Å². The van der Waals surface area contributed by atoms with Gasteiger partial charge in [0, 0.05) is 6.54 Å². The average Bonchev–Trinajstić information content (AvgIpc) is 2.41. The number of hydrogen-bond donors (Lipinski definition) is 3. The number of fused-ring (bicyclic) bond motifs is 1. The first-order valence-electron chi connectivity index (χ1n) is 3.50. The molecule has 0 radical (unpaired) electrons. The molecule has 0 aromatic carbocycles. The fourth-order valence-electron chi connectivity index (χ4n) is 1.61. The van der Waals surface area contributed by atoms with Crippen molar-refractivity contribution in [2.45, 2.75) is 24.4 Å². The maximum Gasteiger partial charge on any atom is 0.103 e. The first-order valence-corrected chi connectivity index (χ1v) is 3.50. The maximum absolute atomic E-state index is 9.22. The van der Waals surface area contributed by atoms with E-state index in [0.717, 1.165) is 0 Å². The van der Waals surface area contributed by atoms with Gasteiger partial charge in [0.1, 0.15) is 6.10 Å². The first-order chi connectivity index (χ1) is 4.79. The molecule has 2 heterocycles. The Morgan fingerprint density at radius 3 is 2.80 bits per heavy atom. The van der Waals surface area contributed by atoms with E-state index in [0.29, 0.717) is 13.2 Å². The lowest BCUT2D eigenvalue weighted by Crippen LogP contribution is -2.36. The van der Waals surface area contributed by atoms with Crippen molar-refractivity contribution in [1.82, 2.24) is 5.32 Å². The van der Waals surface area contributed by atoms with Gasteiger partial charge in [-0.15, -0.1) is 0 Å².